The third kappa shape index (κ3) is 4.13. The first kappa shape index (κ1) is 17.3. The number of benzene rings is 1. The summed E-state index contributed by atoms with van der Waals surface area (Å²) in [6.45, 7) is 4.55. The number of aromatic nitrogens is 1. The van der Waals surface area contributed by atoms with Crippen molar-refractivity contribution in [3.8, 4) is 0 Å². The number of pyridine rings is 1. The predicted molar refractivity (Wildman–Crippen MR) is 96.3 cm³/mol. The highest BCUT2D eigenvalue weighted by molar-refractivity contribution is 5.89. The van der Waals surface area contributed by atoms with Crippen LogP contribution in [-0.4, -0.2) is 22.3 Å². The molecule has 1 heterocycles. The van der Waals surface area contributed by atoms with Gasteiger partial charge in [-0.25, -0.2) is 4.39 Å². The SMILES string of the molecule is CCN(C(=O)/C=C(/C)C1CC1)[C@@H](c1ccc(F)cc1)c1cccnc1. The topological polar surface area (TPSA) is 33.2 Å². The van der Waals surface area contributed by atoms with E-state index in [1.807, 2.05) is 30.9 Å². The number of halogens is 1. The molecular formula is C21H23FN2O. The number of rotatable bonds is 6. The van der Waals surface area contributed by atoms with Crippen LogP contribution < -0.4 is 0 Å². The molecule has 1 aromatic heterocycles. The minimum absolute atomic E-state index is 0.00919. The van der Waals surface area contributed by atoms with Gasteiger partial charge in [-0.2, -0.15) is 0 Å². The van der Waals surface area contributed by atoms with E-state index in [9.17, 15) is 9.18 Å². The van der Waals surface area contributed by atoms with E-state index in [2.05, 4.69) is 4.98 Å². The van der Waals surface area contributed by atoms with Gasteiger partial charge in [-0.15, -0.1) is 0 Å². The number of hydrogen-bond donors (Lipinski definition) is 0. The molecule has 1 saturated carbocycles. The molecule has 2 aromatic rings. The van der Waals surface area contributed by atoms with Crippen molar-refractivity contribution in [2.45, 2.75) is 32.7 Å². The Morgan fingerprint density at radius 3 is 2.56 bits per heavy atom. The summed E-state index contributed by atoms with van der Waals surface area (Å²) in [5.74, 6) is 0.267. The lowest BCUT2D eigenvalue weighted by atomic mass is 9.98. The van der Waals surface area contributed by atoms with Crippen LogP contribution in [-0.2, 0) is 4.79 Å². The number of nitrogens with zero attached hydrogens (tertiary/aromatic N) is 2. The smallest absolute Gasteiger partial charge is 0.247 e. The average molecular weight is 338 g/mol. The van der Waals surface area contributed by atoms with Gasteiger partial charge < -0.3 is 4.90 Å². The lowest BCUT2D eigenvalue weighted by molar-refractivity contribution is -0.127. The van der Waals surface area contributed by atoms with Gasteiger partial charge >= 0.3 is 0 Å². The van der Waals surface area contributed by atoms with Crippen molar-refractivity contribution in [1.29, 1.82) is 0 Å². The van der Waals surface area contributed by atoms with Gasteiger partial charge in [0.15, 0.2) is 0 Å². The predicted octanol–water partition coefficient (Wildman–Crippen LogP) is 4.51. The second-order valence-corrected chi connectivity index (χ2v) is 6.53. The quantitative estimate of drug-likeness (QED) is 0.726. The third-order valence-electron chi connectivity index (χ3n) is 4.69. The fourth-order valence-corrected chi connectivity index (χ4v) is 3.13. The number of allylic oxidation sites excluding steroid dienone is 1. The largest absolute Gasteiger partial charge is 0.328 e. The second kappa shape index (κ2) is 7.60. The Morgan fingerprint density at radius 2 is 2.00 bits per heavy atom. The molecule has 130 valence electrons. The molecule has 1 aromatic carbocycles. The van der Waals surface area contributed by atoms with Gasteiger partial charge in [0.25, 0.3) is 0 Å². The summed E-state index contributed by atoms with van der Waals surface area (Å²) < 4.78 is 13.4. The normalized spacial score (nSPS) is 15.7. The lowest BCUT2D eigenvalue weighted by Crippen LogP contribution is -2.34. The fourth-order valence-electron chi connectivity index (χ4n) is 3.13. The summed E-state index contributed by atoms with van der Waals surface area (Å²) in [6.07, 6.45) is 7.58. The van der Waals surface area contributed by atoms with Crippen LogP contribution in [0.5, 0.6) is 0 Å². The maximum Gasteiger partial charge on any atom is 0.247 e. The Labute approximate surface area is 148 Å². The molecule has 0 aliphatic heterocycles. The molecule has 0 radical (unpaired) electrons. The summed E-state index contributed by atoms with van der Waals surface area (Å²) >= 11 is 0. The van der Waals surface area contributed by atoms with Crippen LogP contribution in [0.25, 0.3) is 0 Å². The van der Waals surface area contributed by atoms with E-state index in [1.165, 1.54) is 25.0 Å². The summed E-state index contributed by atoms with van der Waals surface area (Å²) in [4.78, 5) is 18.9. The monoisotopic (exact) mass is 338 g/mol. The Morgan fingerprint density at radius 1 is 1.28 bits per heavy atom. The van der Waals surface area contributed by atoms with E-state index in [4.69, 9.17) is 0 Å². The third-order valence-corrected chi connectivity index (χ3v) is 4.69. The van der Waals surface area contributed by atoms with Gasteiger partial charge in [-0.1, -0.05) is 23.8 Å². The van der Waals surface area contributed by atoms with Crippen LogP contribution in [0.1, 0.15) is 43.9 Å². The molecule has 0 bridgehead atoms. The Kier molecular flexibility index (Phi) is 5.27. The summed E-state index contributed by atoms with van der Waals surface area (Å²) in [6, 6.07) is 9.87. The molecule has 0 saturated heterocycles. The molecule has 1 fully saturated rings. The lowest BCUT2D eigenvalue weighted by Gasteiger charge is -2.31. The van der Waals surface area contributed by atoms with Crippen LogP contribution in [0.3, 0.4) is 0 Å². The van der Waals surface area contributed by atoms with Crippen LogP contribution in [0.2, 0.25) is 0 Å². The Hall–Kier alpha value is -2.49. The molecule has 0 unspecified atom stereocenters. The average Bonchev–Trinajstić information content (AvgIpc) is 3.46. The van der Waals surface area contributed by atoms with Gasteiger partial charge in [0, 0.05) is 25.0 Å². The van der Waals surface area contributed by atoms with Crippen molar-refractivity contribution in [2.24, 2.45) is 5.92 Å². The highest BCUT2D eigenvalue weighted by Gasteiger charge is 2.27. The van der Waals surface area contributed by atoms with Crippen molar-refractivity contribution in [3.63, 3.8) is 0 Å². The zero-order valence-electron chi connectivity index (χ0n) is 14.7. The van der Waals surface area contributed by atoms with Crippen molar-refractivity contribution >= 4 is 5.91 Å². The first-order valence-electron chi connectivity index (χ1n) is 8.74. The highest BCUT2D eigenvalue weighted by atomic mass is 19.1. The number of likely N-dealkylation sites (N-methyl/N-ethyl adjacent to an activating group) is 1. The molecule has 3 rings (SSSR count). The minimum atomic E-state index is -0.285. The molecular weight excluding hydrogens is 315 g/mol. The Balaban J connectivity index is 1.98. The van der Waals surface area contributed by atoms with E-state index in [1.54, 1.807) is 30.6 Å². The van der Waals surface area contributed by atoms with Gasteiger partial charge in [0.1, 0.15) is 5.82 Å². The molecule has 1 atom stereocenters. The minimum Gasteiger partial charge on any atom is -0.328 e. The van der Waals surface area contributed by atoms with E-state index >= 15 is 0 Å². The van der Waals surface area contributed by atoms with Crippen LogP contribution in [0, 0.1) is 11.7 Å². The van der Waals surface area contributed by atoms with Crippen LogP contribution in [0.15, 0.2) is 60.4 Å². The molecule has 1 aliphatic rings. The molecule has 0 N–H and O–H groups in total. The van der Waals surface area contributed by atoms with Crippen LogP contribution >= 0.6 is 0 Å². The molecule has 25 heavy (non-hydrogen) atoms. The maximum absolute atomic E-state index is 13.4. The molecule has 0 spiro atoms. The van der Waals surface area contributed by atoms with Crippen molar-refractivity contribution in [3.05, 3.63) is 77.4 Å². The second-order valence-electron chi connectivity index (χ2n) is 6.53. The number of hydrogen-bond acceptors (Lipinski definition) is 2. The van der Waals surface area contributed by atoms with Crippen molar-refractivity contribution < 1.29 is 9.18 Å². The summed E-state index contributed by atoms with van der Waals surface area (Å²) in [5, 5.41) is 0. The van der Waals surface area contributed by atoms with E-state index < -0.39 is 0 Å². The van der Waals surface area contributed by atoms with Crippen LogP contribution in [0.4, 0.5) is 4.39 Å². The first-order chi connectivity index (χ1) is 12.1. The number of carbonyl (C=O) groups is 1. The molecule has 1 aliphatic carbocycles. The molecule has 1 amide bonds. The summed E-state index contributed by atoms with van der Waals surface area (Å²) in [5.41, 5.74) is 2.94. The van der Waals surface area contributed by atoms with Gasteiger partial charge in [0.2, 0.25) is 5.91 Å². The van der Waals surface area contributed by atoms with E-state index in [0.717, 1.165) is 16.7 Å². The number of carbonyl (C=O) groups excluding carboxylic acids is 1. The standard InChI is InChI=1S/C21H23FN2O/c1-3-24(20(25)13-15(2)16-6-7-16)21(18-5-4-12-23-14-18)17-8-10-19(22)11-9-17/h4-5,8-14,16,21H,3,6-7H2,1-2H3/b15-13-/t21-/m0/s1. The summed E-state index contributed by atoms with van der Waals surface area (Å²) in [7, 11) is 0. The zero-order chi connectivity index (χ0) is 17.8. The highest BCUT2D eigenvalue weighted by Crippen LogP contribution is 2.36. The Bertz CT molecular complexity index is 751. The van der Waals surface area contributed by atoms with Crippen molar-refractivity contribution in [1.82, 2.24) is 9.88 Å². The maximum atomic E-state index is 13.4. The molecule has 4 heteroatoms. The van der Waals surface area contributed by atoms with Crippen molar-refractivity contribution in [2.75, 3.05) is 6.54 Å². The van der Waals surface area contributed by atoms with E-state index in [0.29, 0.717) is 12.5 Å². The van der Waals surface area contributed by atoms with Gasteiger partial charge in [-0.3, -0.25) is 9.78 Å². The van der Waals surface area contributed by atoms with Gasteiger partial charge in [-0.05, 0) is 61.9 Å². The molecule has 3 nitrogen and oxygen atoms in total. The fraction of sp³-hybridized carbons (Fsp3) is 0.333. The van der Waals surface area contributed by atoms with E-state index in [-0.39, 0.29) is 17.8 Å². The number of amides is 1. The van der Waals surface area contributed by atoms with Gasteiger partial charge in [0.05, 0.1) is 6.04 Å². The zero-order valence-corrected chi connectivity index (χ0v) is 14.7. The first-order valence-corrected chi connectivity index (χ1v) is 8.74.